The summed E-state index contributed by atoms with van der Waals surface area (Å²) in [6.45, 7) is 10.1. The molecule has 90 heavy (non-hydrogen) atoms. The number of methoxy groups -OCH3 is 3. The number of para-hydroxylation sites is 3. The standard InChI is InChI=1S/3C24H24N4O2/c3*1-24(2,29)23-25-12-16(13-26-23)15-8-11-21-27-19-10-9-18(22(19)28(21)14-15)17-6-4-5-7-20(17)30-3/h3*4-8,11-14,18,29H,9-10H2,1-3H3/t2*18-;/m10./s1. The summed E-state index contributed by atoms with van der Waals surface area (Å²) in [6, 6.07) is 36.9. The summed E-state index contributed by atoms with van der Waals surface area (Å²) in [5.74, 6) is 4.71. The zero-order valence-electron chi connectivity index (χ0n) is 52.0. The van der Waals surface area contributed by atoms with Crippen LogP contribution in [0, 0.1) is 0 Å². The summed E-state index contributed by atoms with van der Waals surface area (Å²) in [5, 5.41) is 30.3. The zero-order valence-corrected chi connectivity index (χ0v) is 52.0. The highest BCUT2D eigenvalue weighted by Gasteiger charge is 2.34. The molecule has 0 bridgehead atoms. The average Bonchev–Trinajstić information content (AvgIpc) is 1.64. The Kier molecular flexibility index (Phi) is 15.6. The van der Waals surface area contributed by atoms with Crippen LogP contribution < -0.4 is 14.2 Å². The van der Waals surface area contributed by atoms with E-state index in [0.717, 1.165) is 123 Å². The highest BCUT2D eigenvalue weighted by atomic mass is 16.5. The second kappa shape index (κ2) is 23.6. The van der Waals surface area contributed by atoms with Gasteiger partial charge in [-0.15, -0.1) is 0 Å². The fraction of sp³-hybridized carbons (Fsp3) is 0.292. The third-order valence-corrected chi connectivity index (χ3v) is 17.3. The van der Waals surface area contributed by atoms with Gasteiger partial charge in [0.15, 0.2) is 17.5 Å². The van der Waals surface area contributed by atoms with Gasteiger partial charge >= 0.3 is 0 Å². The summed E-state index contributed by atoms with van der Waals surface area (Å²) in [4.78, 5) is 40.7. The van der Waals surface area contributed by atoms with E-state index >= 15 is 0 Å². The lowest BCUT2D eigenvalue weighted by Gasteiger charge is -2.16. The van der Waals surface area contributed by atoms with Crippen LogP contribution in [0.3, 0.4) is 0 Å². The first-order valence-corrected chi connectivity index (χ1v) is 30.4. The Balaban J connectivity index is 0.000000124. The molecule has 0 aliphatic heterocycles. The minimum absolute atomic E-state index is 0.246. The highest BCUT2D eigenvalue weighted by molar-refractivity contribution is 5.67. The molecule has 0 saturated carbocycles. The normalized spacial score (nSPS) is 16.1. The van der Waals surface area contributed by atoms with Gasteiger partial charge in [-0.2, -0.15) is 0 Å². The van der Waals surface area contributed by atoms with E-state index in [1.807, 2.05) is 72.8 Å². The van der Waals surface area contributed by atoms with E-state index in [4.69, 9.17) is 29.2 Å². The van der Waals surface area contributed by atoms with Crippen LogP contribution in [0.5, 0.6) is 17.2 Å². The minimum atomic E-state index is -1.06. The molecule has 1 unspecified atom stereocenters. The molecule has 3 atom stereocenters. The molecule has 3 aliphatic rings. The molecule has 18 heteroatoms. The monoisotopic (exact) mass is 1200 g/mol. The summed E-state index contributed by atoms with van der Waals surface area (Å²) in [6.07, 6.45) is 22.8. The van der Waals surface area contributed by atoms with Crippen LogP contribution in [0.25, 0.3) is 50.3 Å². The maximum Gasteiger partial charge on any atom is 0.159 e. The maximum absolute atomic E-state index is 10.1. The predicted octanol–water partition coefficient (Wildman–Crippen LogP) is 12.3. The second-order valence-corrected chi connectivity index (χ2v) is 24.8. The number of ether oxygens (including phenoxy) is 3. The number of benzene rings is 3. The van der Waals surface area contributed by atoms with E-state index in [0.29, 0.717) is 17.5 Å². The van der Waals surface area contributed by atoms with Crippen LogP contribution in [-0.2, 0) is 36.1 Å². The van der Waals surface area contributed by atoms with Gasteiger partial charge in [-0.25, -0.2) is 44.9 Å². The molecular weight excluding hydrogens is 1130 g/mol. The first-order valence-electron chi connectivity index (χ1n) is 30.4. The van der Waals surface area contributed by atoms with Crippen molar-refractivity contribution < 1.29 is 29.5 Å². The van der Waals surface area contributed by atoms with E-state index in [9.17, 15) is 15.3 Å². The molecule has 0 spiro atoms. The Bertz CT molecular complexity index is 4130. The number of aryl methyl sites for hydroxylation is 3. The third-order valence-electron chi connectivity index (χ3n) is 17.3. The lowest BCUT2D eigenvalue weighted by molar-refractivity contribution is 0.0682. The van der Waals surface area contributed by atoms with Crippen molar-refractivity contribution in [1.82, 2.24) is 58.1 Å². The molecule has 0 fully saturated rings. The highest BCUT2D eigenvalue weighted by Crippen LogP contribution is 2.45. The number of hydrogen-bond acceptors (Lipinski definition) is 15. The Morgan fingerprint density at radius 3 is 0.856 bits per heavy atom. The molecule has 12 aromatic rings. The van der Waals surface area contributed by atoms with Crippen LogP contribution in [0.2, 0.25) is 0 Å². The Hall–Kier alpha value is -9.75. The van der Waals surface area contributed by atoms with Crippen LogP contribution in [0.4, 0.5) is 0 Å². The van der Waals surface area contributed by atoms with E-state index in [1.165, 1.54) is 33.8 Å². The zero-order chi connectivity index (χ0) is 62.6. The second-order valence-electron chi connectivity index (χ2n) is 24.8. The predicted molar refractivity (Wildman–Crippen MR) is 344 cm³/mol. The molecule has 18 nitrogen and oxygen atoms in total. The van der Waals surface area contributed by atoms with Crippen molar-refractivity contribution >= 4 is 16.9 Å². The van der Waals surface area contributed by atoms with Crippen LogP contribution >= 0.6 is 0 Å². The van der Waals surface area contributed by atoms with Crippen molar-refractivity contribution in [2.75, 3.05) is 21.3 Å². The largest absolute Gasteiger partial charge is 0.496 e. The summed E-state index contributed by atoms with van der Waals surface area (Å²) >= 11 is 0. The van der Waals surface area contributed by atoms with Gasteiger partial charge in [-0.3, -0.25) is 0 Å². The van der Waals surface area contributed by atoms with Gasteiger partial charge in [0.2, 0.25) is 0 Å². The number of rotatable bonds is 12. The molecular formula is C72H72N12O6. The molecule has 3 aliphatic carbocycles. The molecule has 9 heterocycles. The molecule has 0 radical (unpaired) electrons. The fourth-order valence-electron chi connectivity index (χ4n) is 12.9. The van der Waals surface area contributed by atoms with Crippen molar-refractivity contribution in [3.63, 3.8) is 0 Å². The van der Waals surface area contributed by atoms with Crippen molar-refractivity contribution in [3.8, 4) is 50.6 Å². The lowest BCUT2D eigenvalue weighted by Crippen LogP contribution is -2.19. The van der Waals surface area contributed by atoms with Gasteiger partial charge in [0, 0.05) is 124 Å². The Morgan fingerprint density at radius 2 is 0.611 bits per heavy atom. The number of nitrogens with zero attached hydrogens (tertiary/aromatic N) is 12. The minimum Gasteiger partial charge on any atom is -0.496 e. The van der Waals surface area contributed by atoms with Crippen molar-refractivity contribution in [2.24, 2.45) is 0 Å². The smallest absolute Gasteiger partial charge is 0.159 e. The Labute approximate surface area is 522 Å². The summed E-state index contributed by atoms with van der Waals surface area (Å²) in [5.41, 5.74) is 16.1. The first-order chi connectivity index (χ1) is 43.4. The molecule has 3 aromatic carbocycles. The molecule has 9 aromatic heterocycles. The average molecular weight is 1200 g/mol. The SMILES string of the molecule is COc1ccccc1C1CCc2nc3ccc(-c4cnc(C(C)(C)O)nc4)cn3c21.COc1ccccc1[C@@H]1CCc2nc3ccc(-c4cnc(C(C)(C)O)nc4)cn3c21.COc1ccccc1[C@H]1CCc2nc3ccc(-c4cnc(C(C)(C)O)nc4)cn3c21. The first kappa shape index (κ1) is 59.2. The molecule has 0 amide bonds. The number of fused-ring (bicyclic) bond motifs is 9. The van der Waals surface area contributed by atoms with E-state index < -0.39 is 16.8 Å². The molecule has 3 N–H and O–H groups in total. The number of imidazole rings is 3. The molecule has 0 saturated heterocycles. The Morgan fingerprint density at radius 1 is 0.356 bits per heavy atom. The summed E-state index contributed by atoms with van der Waals surface area (Å²) < 4.78 is 23.5. The van der Waals surface area contributed by atoms with Crippen molar-refractivity contribution in [2.45, 2.75) is 115 Å². The number of aliphatic hydroxyl groups is 3. The van der Waals surface area contributed by atoms with Gasteiger partial charge in [-0.05, 0) is 135 Å². The van der Waals surface area contributed by atoms with Crippen molar-refractivity contribution in [3.05, 3.63) is 233 Å². The number of hydrogen-bond donors (Lipinski definition) is 3. The number of pyridine rings is 3. The fourth-order valence-corrected chi connectivity index (χ4v) is 12.9. The third kappa shape index (κ3) is 11.3. The van der Waals surface area contributed by atoms with Gasteiger partial charge in [-0.1, -0.05) is 54.6 Å². The van der Waals surface area contributed by atoms with E-state index in [1.54, 1.807) is 100 Å². The van der Waals surface area contributed by atoms with Gasteiger partial charge < -0.3 is 42.7 Å². The molecule has 456 valence electrons. The van der Waals surface area contributed by atoms with Gasteiger partial charge in [0.1, 0.15) is 51.0 Å². The van der Waals surface area contributed by atoms with E-state index in [-0.39, 0.29) is 17.8 Å². The van der Waals surface area contributed by atoms with Crippen molar-refractivity contribution in [1.29, 1.82) is 0 Å². The van der Waals surface area contributed by atoms with Gasteiger partial charge in [0.05, 0.1) is 55.5 Å². The van der Waals surface area contributed by atoms with Gasteiger partial charge in [0.25, 0.3) is 0 Å². The van der Waals surface area contributed by atoms with Crippen LogP contribution in [0.15, 0.2) is 165 Å². The number of aromatic nitrogens is 12. The molecule has 15 rings (SSSR count). The lowest BCUT2D eigenvalue weighted by atomic mass is 9.95. The quantitative estimate of drug-likeness (QED) is 0.104. The van der Waals surface area contributed by atoms with E-state index in [2.05, 4.69) is 98.1 Å². The topological polar surface area (TPSA) is 218 Å². The van der Waals surface area contributed by atoms with Crippen LogP contribution in [0.1, 0.15) is 147 Å². The summed E-state index contributed by atoms with van der Waals surface area (Å²) in [7, 11) is 5.16. The maximum atomic E-state index is 10.1. The van der Waals surface area contributed by atoms with Crippen LogP contribution in [-0.4, -0.2) is 94.7 Å².